The molecule has 3 aromatic carbocycles. The van der Waals surface area contributed by atoms with Crippen molar-refractivity contribution in [1.29, 1.82) is 0 Å². The molecule has 0 spiro atoms. The summed E-state index contributed by atoms with van der Waals surface area (Å²) < 4.78 is 25.3. The van der Waals surface area contributed by atoms with Gasteiger partial charge in [-0.2, -0.15) is 11.8 Å². The smallest absolute Gasteiger partial charge is 0.141 e. The molecule has 5 aromatic rings. The molecule has 0 bridgehead atoms. The Morgan fingerprint density at radius 3 is 2.55 bits per heavy atom. The highest BCUT2D eigenvalue weighted by Gasteiger charge is 2.11. The number of hydrogen-bond acceptors (Lipinski definition) is 7. The summed E-state index contributed by atoms with van der Waals surface area (Å²) in [6.07, 6.45) is 3.61. The molecular formula is C33H38ClFN4O2S. The van der Waals surface area contributed by atoms with Gasteiger partial charge < -0.3 is 19.8 Å². The van der Waals surface area contributed by atoms with Crippen LogP contribution in [-0.2, 0) is 13.2 Å². The number of furan rings is 1. The second-order valence-electron chi connectivity index (χ2n) is 8.58. The first-order valence-electron chi connectivity index (χ1n) is 14.1. The van der Waals surface area contributed by atoms with Crippen molar-refractivity contribution in [2.75, 3.05) is 23.9 Å². The Balaban J connectivity index is 0.00000116. The highest BCUT2D eigenvalue weighted by Crippen LogP contribution is 2.32. The largest absolute Gasteiger partial charge is 0.487 e. The van der Waals surface area contributed by atoms with Crippen LogP contribution in [0.25, 0.3) is 22.2 Å². The van der Waals surface area contributed by atoms with Crippen LogP contribution in [0.15, 0.2) is 83.5 Å². The van der Waals surface area contributed by atoms with E-state index in [1.54, 1.807) is 24.3 Å². The van der Waals surface area contributed by atoms with Crippen LogP contribution in [0.2, 0.25) is 5.02 Å². The lowest BCUT2D eigenvalue weighted by molar-refractivity contribution is 0.306. The normalized spacial score (nSPS) is 10.4. The van der Waals surface area contributed by atoms with Crippen molar-refractivity contribution in [3.63, 3.8) is 0 Å². The number of ether oxygens (including phenoxy) is 1. The van der Waals surface area contributed by atoms with Gasteiger partial charge in [0.15, 0.2) is 0 Å². The summed E-state index contributed by atoms with van der Waals surface area (Å²) >= 11 is 8.29. The SMILES string of the molecule is CC.CC.CSCCNCc1ccc(-c2ccc3ncnc(Nc4ccc(OCc5cccc(F)c5)c(Cl)c4)c3c2)o1. The number of rotatable bonds is 11. The van der Waals surface area contributed by atoms with Crippen LogP contribution in [0.5, 0.6) is 5.75 Å². The predicted molar refractivity (Wildman–Crippen MR) is 175 cm³/mol. The lowest BCUT2D eigenvalue weighted by Gasteiger charge is -2.12. The third kappa shape index (κ3) is 9.21. The van der Waals surface area contributed by atoms with E-state index in [2.05, 4.69) is 26.9 Å². The topological polar surface area (TPSA) is 72.2 Å². The predicted octanol–water partition coefficient (Wildman–Crippen LogP) is 9.51. The van der Waals surface area contributed by atoms with Crippen molar-refractivity contribution in [2.45, 2.75) is 40.8 Å². The second-order valence-corrected chi connectivity index (χ2v) is 9.97. The molecule has 6 nitrogen and oxygen atoms in total. The first-order chi connectivity index (χ1) is 20.6. The van der Waals surface area contributed by atoms with E-state index in [9.17, 15) is 4.39 Å². The molecular weight excluding hydrogens is 571 g/mol. The number of fused-ring (bicyclic) bond motifs is 1. The summed E-state index contributed by atoms with van der Waals surface area (Å²) in [4.78, 5) is 8.87. The molecule has 2 N–H and O–H groups in total. The maximum absolute atomic E-state index is 13.4. The zero-order chi connectivity index (χ0) is 30.3. The Hall–Kier alpha value is -3.59. The molecule has 0 saturated carbocycles. The van der Waals surface area contributed by atoms with Gasteiger partial charge in [0.25, 0.3) is 0 Å². The minimum absolute atomic E-state index is 0.214. The standard InChI is InChI=1S/C29H26ClFN4O2S.2C2H6/c1-38-12-11-32-16-23-7-10-27(37-23)20-5-8-26-24(14-20)29(34-18-33-26)35-22-6-9-28(25(30)15-22)36-17-19-3-2-4-21(31)13-19;2*1-2/h2-10,13-15,18,32H,11-12,16-17H2,1H3,(H,33,34,35);2*1-2H3. The van der Waals surface area contributed by atoms with E-state index in [4.69, 9.17) is 20.8 Å². The van der Waals surface area contributed by atoms with Crippen molar-refractivity contribution in [2.24, 2.45) is 0 Å². The number of nitrogens with one attached hydrogen (secondary N) is 2. The maximum Gasteiger partial charge on any atom is 0.141 e. The fraction of sp³-hybridized carbons (Fsp3) is 0.273. The molecule has 0 unspecified atom stereocenters. The molecule has 0 fully saturated rings. The molecule has 222 valence electrons. The number of anilines is 2. The van der Waals surface area contributed by atoms with Crippen LogP contribution in [0, 0.1) is 5.82 Å². The van der Waals surface area contributed by atoms with Crippen molar-refractivity contribution in [3.8, 4) is 17.1 Å². The van der Waals surface area contributed by atoms with Crippen molar-refractivity contribution >= 4 is 45.8 Å². The molecule has 2 aromatic heterocycles. The lowest BCUT2D eigenvalue weighted by Crippen LogP contribution is -2.15. The number of benzene rings is 3. The number of nitrogens with zero attached hydrogens (tertiary/aromatic N) is 2. The average molecular weight is 609 g/mol. The molecule has 0 saturated heterocycles. The monoisotopic (exact) mass is 608 g/mol. The van der Waals surface area contributed by atoms with Gasteiger partial charge in [0, 0.05) is 28.9 Å². The van der Waals surface area contributed by atoms with Gasteiger partial charge in [0.2, 0.25) is 0 Å². The van der Waals surface area contributed by atoms with E-state index in [0.717, 1.165) is 51.5 Å². The van der Waals surface area contributed by atoms with E-state index in [1.807, 2.05) is 75.9 Å². The first-order valence-corrected chi connectivity index (χ1v) is 15.8. The Morgan fingerprint density at radius 1 is 0.952 bits per heavy atom. The Morgan fingerprint density at radius 2 is 1.79 bits per heavy atom. The van der Waals surface area contributed by atoms with E-state index in [0.29, 0.717) is 23.1 Å². The van der Waals surface area contributed by atoms with E-state index < -0.39 is 0 Å². The molecule has 0 aliphatic carbocycles. The first kappa shape index (κ1) is 32.9. The lowest BCUT2D eigenvalue weighted by atomic mass is 10.1. The van der Waals surface area contributed by atoms with Gasteiger partial charge in [-0.1, -0.05) is 51.4 Å². The Kier molecular flexibility index (Phi) is 13.6. The number of aromatic nitrogens is 2. The van der Waals surface area contributed by atoms with Gasteiger partial charge in [0.05, 0.1) is 17.1 Å². The average Bonchev–Trinajstić information content (AvgIpc) is 3.50. The van der Waals surface area contributed by atoms with Crippen LogP contribution in [0.1, 0.15) is 39.0 Å². The second kappa shape index (κ2) is 17.4. The highest BCUT2D eigenvalue weighted by molar-refractivity contribution is 7.98. The van der Waals surface area contributed by atoms with Crippen LogP contribution in [-0.4, -0.2) is 28.5 Å². The number of hydrogen-bond donors (Lipinski definition) is 2. The van der Waals surface area contributed by atoms with Crippen molar-refractivity contribution in [1.82, 2.24) is 15.3 Å². The maximum atomic E-state index is 13.4. The molecule has 0 amide bonds. The van der Waals surface area contributed by atoms with Gasteiger partial charge in [-0.3, -0.25) is 0 Å². The quantitative estimate of drug-likeness (QED) is 0.145. The molecule has 2 heterocycles. The van der Waals surface area contributed by atoms with Gasteiger partial charge in [-0.15, -0.1) is 0 Å². The minimum Gasteiger partial charge on any atom is -0.487 e. The number of halogens is 2. The van der Waals surface area contributed by atoms with Crippen molar-refractivity contribution in [3.05, 3.63) is 101 Å². The fourth-order valence-electron chi connectivity index (χ4n) is 3.94. The third-order valence-electron chi connectivity index (χ3n) is 5.84. The summed E-state index contributed by atoms with van der Waals surface area (Å²) in [6, 6.07) is 21.6. The van der Waals surface area contributed by atoms with E-state index in [1.165, 1.54) is 18.5 Å². The van der Waals surface area contributed by atoms with Gasteiger partial charge >= 0.3 is 0 Å². The van der Waals surface area contributed by atoms with Gasteiger partial charge in [-0.25, -0.2) is 14.4 Å². The zero-order valence-corrected chi connectivity index (χ0v) is 26.3. The van der Waals surface area contributed by atoms with E-state index >= 15 is 0 Å². The van der Waals surface area contributed by atoms with E-state index in [-0.39, 0.29) is 12.4 Å². The highest BCUT2D eigenvalue weighted by atomic mass is 35.5. The molecule has 0 aliphatic rings. The van der Waals surface area contributed by atoms with Crippen molar-refractivity contribution < 1.29 is 13.5 Å². The molecule has 5 rings (SSSR count). The summed E-state index contributed by atoms with van der Waals surface area (Å²) in [5.74, 6) is 3.58. The molecule has 0 aliphatic heterocycles. The third-order valence-corrected chi connectivity index (χ3v) is 6.75. The minimum atomic E-state index is -0.303. The zero-order valence-electron chi connectivity index (χ0n) is 24.7. The molecule has 42 heavy (non-hydrogen) atoms. The summed E-state index contributed by atoms with van der Waals surface area (Å²) in [6.45, 7) is 9.84. The van der Waals surface area contributed by atoms with Crippen LogP contribution < -0.4 is 15.4 Å². The van der Waals surface area contributed by atoms with Gasteiger partial charge in [0.1, 0.15) is 41.8 Å². The molecule has 0 radical (unpaired) electrons. The molecule has 9 heteroatoms. The van der Waals surface area contributed by atoms with Gasteiger partial charge in [-0.05, 0) is 72.5 Å². The fourth-order valence-corrected chi connectivity index (χ4v) is 4.53. The summed E-state index contributed by atoms with van der Waals surface area (Å²) in [5, 5.41) is 8.00. The summed E-state index contributed by atoms with van der Waals surface area (Å²) in [7, 11) is 0. The molecule has 0 atom stereocenters. The Bertz CT molecular complexity index is 1550. The van der Waals surface area contributed by atoms with Crippen LogP contribution in [0.3, 0.4) is 0 Å². The Labute approximate surface area is 257 Å². The summed E-state index contributed by atoms with van der Waals surface area (Å²) in [5.41, 5.74) is 3.21. The van der Waals surface area contributed by atoms with Crippen LogP contribution in [0.4, 0.5) is 15.9 Å². The number of thioether (sulfide) groups is 1. The van der Waals surface area contributed by atoms with Crippen LogP contribution >= 0.6 is 23.4 Å².